The third-order valence-corrected chi connectivity index (χ3v) is 3.45. The van der Waals surface area contributed by atoms with Crippen LogP contribution in [0.15, 0.2) is 0 Å². The van der Waals surface area contributed by atoms with Gasteiger partial charge in [0.15, 0.2) is 0 Å². The summed E-state index contributed by atoms with van der Waals surface area (Å²) >= 11 is 0. The molecule has 0 aromatic carbocycles. The highest BCUT2D eigenvalue weighted by Gasteiger charge is 2.27. The molecule has 2 heterocycles. The van der Waals surface area contributed by atoms with Crippen molar-refractivity contribution in [2.24, 2.45) is 7.05 Å². The number of aliphatic hydroxyl groups is 1. The number of anilines is 1. The maximum atomic E-state index is 12.4. The number of rotatable bonds is 2. The topological polar surface area (TPSA) is 84.4 Å². The predicted molar refractivity (Wildman–Crippen MR) is 68.1 cm³/mol. The summed E-state index contributed by atoms with van der Waals surface area (Å²) in [4.78, 5) is 14.1. The van der Waals surface area contributed by atoms with E-state index < -0.39 is 0 Å². The summed E-state index contributed by atoms with van der Waals surface area (Å²) in [5.74, 6) is -0.0888. The summed E-state index contributed by atoms with van der Waals surface area (Å²) < 4.78 is 1.56. The minimum absolute atomic E-state index is 0.0888. The van der Waals surface area contributed by atoms with Gasteiger partial charge in [-0.3, -0.25) is 9.48 Å². The smallest absolute Gasteiger partial charge is 0.274 e. The SMILES string of the molecule is CCc1nn(C)c(C(=O)N2CCC(O)CC2)c1N. The molecule has 1 saturated heterocycles. The normalized spacial score (nSPS) is 17.2. The molecule has 6 nitrogen and oxygen atoms in total. The Hall–Kier alpha value is -1.56. The first-order chi connectivity index (χ1) is 8.54. The van der Waals surface area contributed by atoms with Crippen molar-refractivity contribution in [2.45, 2.75) is 32.3 Å². The molecule has 18 heavy (non-hydrogen) atoms. The molecule has 0 saturated carbocycles. The average molecular weight is 252 g/mol. The number of aromatic nitrogens is 2. The van der Waals surface area contributed by atoms with E-state index >= 15 is 0 Å². The fourth-order valence-electron chi connectivity index (χ4n) is 2.33. The number of nitrogen functional groups attached to an aromatic ring is 1. The van der Waals surface area contributed by atoms with Gasteiger partial charge >= 0.3 is 0 Å². The van der Waals surface area contributed by atoms with Crippen molar-refractivity contribution in [3.05, 3.63) is 11.4 Å². The highest BCUT2D eigenvalue weighted by Crippen LogP contribution is 2.21. The molecule has 2 rings (SSSR count). The zero-order valence-electron chi connectivity index (χ0n) is 10.9. The Bertz CT molecular complexity index is 447. The number of carbonyl (C=O) groups is 1. The van der Waals surface area contributed by atoms with Crippen LogP contribution in [0, 0.1) is 0 Å². The lowest BCUT2D eigenvalue weighted by atomic mass is 10.1. The van der Waals surface area contributed by atoms with Crippen molar-refractivity contribution in [1.29, 1.82) is 0 Å². The van der Waals surface area contributed by atoms with Gasteiger partial charge in [-0.2, -0.15) is 5.10 Å². The maximum absolute atomic E-state index is 12.4. The van der Waals surface area contributed by atoms with Crippen molar-refractivity contribution in [3.8, 4) is 0 Å². The van der Waals surface area contributed by atoms with E-state index in [0.29, 0.717) is 43.7 Å². The van der Waals surface area contributed by atoms with Crippen LogP contribution in [0.4, 0.5) is 5.69 Å². The molecule has 1 aliphatic heterocycles. The molecule has 0 unspecified atom stereocenters. The molecule has 0 radical (unpaired) electrons. The van der Waals surface area contributed by atoms with Gasteiger partial charge in [0.25, 0.3) is 5.91 Å². The summed E-state index contributed by atoms with van der Waals surface area (Å²) in [5, 5.41) is 13.7. The van der Waals surface area contributed by atoms with E-state index in [1.165, 1.54) is 0 Å². The Morgan fingerprint density at radius 2 is 2.11 bits per heavy atom. The second kappa shape index (κ2) is 4.97. The molecule has 3 N–H and O–H groups in total. The number of hydrogen-bond acceptors (Lipinski definition) is 4. The quantitative estimate of drug-likeness (QED) is 0.785. The molecule has 0 spiro atoms. The Morgan fingerprint density at radius 3 is 2.61 bits per heavy atom. The molecular weight excluding hydrogens is 232 g/mol. The Balaban J connectivity index is 2.21. The van der Waals surface area contributed by atoms with E-state index in [0.717, 1.165) is 5.69 Å². The average Bonchev–Trinajstić information content (AvgIpc) is 2.64. The number of nitrogens with zero attached hydrogens (tertiary/aromatic N) is 3. The first-order valence-corrected chi connectivity index (χ1v) is 6.33. The predicted octanol–water partition coefficient (Wildman–Crippen LogP) is 0.162. The van der Waals surface area contributed by atoms with Crippen LogP contribution in [-0.2, 0) is 13.5 Å². The molecule has 0 bridgehead atoms. The van der Waals surface area contributed by atoms with Crippen molar-refractivity contribution in [1.82, 2.24) is 14.7 Å². The molecule has 0 atom stereocenters. The van der Waals surface area contributed by atoms with Gasteiger partial charge in [0.2, 0.25) is 0 Å². The first kappa shape index (κ1) is 12.9. The highest BCUT2D eigenvalue weighted by molar-refractivity contribution is 5.98. The minimum Gasteiger partial charge on any atom is -0.395 e. The third-order valence-electron chi connectivity index (χ3n) is 3.45. The van der Waals surface area contributed by atoms with Gasteiger partial charge < -0.3 is 15.7 Å². The second-order valence-electron chi connectivity index (χ2n) is 4.71. The molecule has 1 aliphatic rings. The largest absolute Gasteiger partial charge is 0.395 e. The van der Waals surface area contributed by atoms with Gasteiger partial charge in [0.05, 0.1) is 17.5 Å². The van der Waals surface area contributed by atoms with E-state index in [9.17, 15) is 9.90 Å². The van der Waals surface area contributed by atoms with Gasteiger partial charge in [-0.15, -0.1) is 0 Å². The van der Waals surface area contributed by atoms with Gasteiger partial charge in [-0.1, -0.05) is 6.92 Å². The standard InChI is InChI=1S/C12H20N4O2/c1-3-9-10(13)11(15(2)14-9)12(18)16-6-4-8(17)5-7-16/h8,17H,3-7,13H2,1-2H3. The molecular formula is C12H20N4O2. The number of carbonyl (C=O) groups excluding carboxylic acids is 1. The second-order valence-corrected chi connectivity index (χ2v) is 4.71. The van der Waals surface area contributed by atoms with Crippen molar-refractivity contribution < 1.29 is 9.90 Å². The Labute approximate surface area is 106 Å². The zero-order valence-corrected chi connectivity index (χ0v) is 10.9. The summed E-state index contributed by atoms with van der Waals surface area (Å²) in [6.07, 6.45) is 1.68. The number of amides is 1. The van der Waals surface area contributed by atoms with Crippen LogP contribution < -0.4 is 5.73 Å². The van der Waals surface area contributed by atoms with Crippen LogP contribution in [0.2, 0.25) is 0 Å². The lowest BCUT2D eigenvalue weighted by molar-refractivity contribution is 0.0538. The van der Waals surface area contributed by atoms with Crippen molar-refractivity contribution in [3.63, 3.8) is 0 Å². The van der Waals surface area contributed by atoms with Gasteiger partial charge in [-0.05, 0) is 19.3 Å². The Morgan fingerprint density at radius 1 is 1.50 bits per heavy atom. The zero-order chi connectivity index (χ0) is 13.3. The van der Waals surface area contributed by atoms with E-state index in [2.05, 4.69) is 5.10 Å². The van der Waals surface area contributed by atoms with Gasteiger partial charge in [0, 0.05) is 20.1 Å². The highest BCUT2D eigenvalue weighted by atomic mass is 16.3. The summed E-state index contributed by atoms with van der Waals surface area (Å²) in [6.45, 7) is 3.11. The van der Waals surface area contributed by atoms with Crippen LogP contribution >= 0.6 is 0 Å². The van der Waals surface area contributed by atoms with Crippen LogP contribution in [0.1, 0.15) is 35.9 Å². The number of aliphatic hydroxyl groups excluding tert-OH is 1. The minimum atomic E-state index is -0.288. The fourth-order valence-corrected chi connectivity index (χ4v) is 2.33. The summed E-state index contributed by atoms with van der Waals surface area (Å²) in [6, 6.07) is 0. The number of nitrogens with two attached hydrogens (primary N) is 1. The molecule has 1 amide bonds. The van der Waals surface area contributed by atoms with Gasteiger partial charge in [-0.25, -0.2) is 0 Å². The fraction of sp³-hybridized carbons (Fsp3) is 0.667. The lowest BCUT2D eigenvalue weighted by Gasteiger charge is -2.29. The number of piperidine rings is 1. The lowest BCUT2D eigenvalue weighted by Crippen LogP contribution is -2.41. The van der Waals surface area contributed by atoms with E-state index in [1.54, 1.807) is 16.6 Å². The van der Waals surface area contributed by atoms with Crippen molar-refractivity contribution in [2.75, 3.05) is 18.8 Å². The van der Waals surface area contributed by atoms with Crippen molar-refractivity contribution >= 4 is 11.6 Å². The first-order valence-electron chi connectivity index (χ1n) is 6.33. The summed E-state index contributed by atoms with van der Waals surface area (Å²) in [7, 11) is 1.74. The van der Waals surface area contributed by atoms with E-state index in [1.807, 2.05) is 6.92 Å². The maximum Gasteiger partial charge on any atom is 0.274 e. The summed E-state index contributed by atoms with van der Waals surface area (Å²) in [5.41, 5.74) is 7.68. The van der Waals surface area contributed by atoms with E-state index in [4.69, 9.17) is 5.73 Å². The molecule has 6 heteroatoms. The molecule has 100 valence electrons. The number of likely N-dealkylation sites (tertiary alicyclic amines) is 1. The molecule has 1 aromatic rings. The molecule has 1 aromatic heterocycles. The van der Waals surface area contributed by atoms with Gasteiger partial charge in [0.1, 0.15) is 5.69 Å². The number of aryl methyl sites for hydroxylation is 2. The molecule has 1 fully saturated rings. The van der Waals surface area contributed by atoms with Crippen LogP contribution in [0.3, 0.4) is 0 Å². The molecule has 0 aliphatic carbocycles. The third kappa shape index (κ3) is 2.20. The monoisotopic (exact) mass is 252 g/mol. The van der Waals surface area contributed by atoms with Crippen LogP contribution in [0.5, 0.6) is 0 Å². The number of hydrogen-bond donors (Lipinski definition) is 2. The Kier molecular flexibility index (Phi) is 3.56. The van der Waals surface area contributed by atoms with Crippen LogP contribution in [0.25, 0.3) is 0 Å². The van der Waals surface area contributed by atoms with E-state index in [-0.39, 0.29) is 12.0 Å². The van der Waals surface area contributed by atoms with Crippen LogP contribution in [-0.4, -0.2) is 44.9 Å².